The highest BCUT2D eigenvalue weighted by atomic mass is 16.6. The average Bonchev–Trinajstić information content (AvgIpc) is 2.54. The molecule has 1 aromatic rings. The third-order valence-electron chi connectivity index (χ3n) is 4.67. The van der Waals surface area contributed by atoms with Crippen LogP contribution in [-0.2, 0) is 0 Å². The molecule has 118 valence electrons. The van der Waals surface area contributed by atoms with E-state index in [2.05, 4.69) is 32.6 Å². The van der Waals surface area contributed by atoms with Crippen molar-refractivity contribution in [3.05, 3.63) is 23.8 Å². The van der Waals surface area contributed by atoms with Crippen LogP contribution in [0.15, 0.2) is 18.2 Å². The fourth-order valence-corrected chi connectivity index (χ4v) is 3.12. The Labute approximate surface area is 127 Å². The van der Waals surface area contributed by atoms with E-state index in [0.717, 1.165) is 36.6 Å². The number of nitrogens with zero attached hydrogens (tertiary/aromatic N) is 1. The summed E-state index contributed by atoms with van der Waals surface area (Å²) in [5.41, 5.74) is 0.600. The van der Waals surface area contributed by atoms with Gasteiger partial charge in [0.25, 0.3) is 0 Å². The summed E-state index contributed by atoms with van der Waals surface area (Å²) in [4.78, 5) is 2.31. The Bertz CT molecular complexity index is 473. The lowest BCUT2D eigenvalue weighted by molar-refractivity contribution is -0.0215. The molecule has 1 aliphatic rings. The summed E-state index contributed by atoms with van der Waals surface area (Å²) in [6.45, 7) is 11.5. The van der Waals surface area contributed by atoms with Crippen molar-refractivity contribution in [3.8, 4) is 11.5 Å². The van der Waals surface area contributed by atoms with Crippen LogP contribution in [0.1, 0.15) is 45.8 Å². The molecule has 0 bridgehead atoms. The summed E-state index contributed by atoms with van der Waals surface area (Å²) in [6.07, 6.45) is 0.322. The SMILES string of the molecule is CCN(CC)C(C)(CC)C(O)c1ccc2c(c1)OCCO2. The normalized spacial score (nSPS) is 18.4. The molecule has 0 aliphatic carbocycles. The van der Waals surface area contributed by atoms with Crippen LogP contribution in [0, 0.1) is 0 Å². The van der Waals surface area contributed by atoms with Crippen molar-refractivity contribution in [3.63, 3.8) is 0 Å². The molecule has 0 saturated heterocycles. The minimum Gasteiger partial charge on any atom is -0.486 e. The summed E-state index contributed by atoms with van der Waals surface area (Å²) in [5.74, 6) is 1.49. The molecule has 0 amide bonds. The Hall–Kier alpha value is -1.26. The predicted octanol–water partition coefficient (Wildman–Crippen LogP) is 3.00. The Morgan fingerprint density at radius 1 is 1.14 bits per heavy atom. The van der Waals surface area contributed by atoms with Crippen molar-refractivity contribution in [1.82, 2.24) is 4.90 Å². The van der Waals surface area contributed by atoms with Crippen LogP contribution >= 0.6 is 0 Å². The van der Waals surface area contributed by atoms with Gasteiger partial charge in [0.1, 0.15) is 13.2 Å². The van der Waals surface area contributed by atoms with Gasteiger partial charge in [-0.25, -0.2) is 0 Å². The molecule has 0 radical (unpaired) electrons. The van der Waals surface area contributed by atoms with E-state index in [-0.39, 0.29) is 5.54 Å². The monoisotopic (exact) mass is 293 g/mol. The number of likely N-dealkylation sites (N-methyl/N-ethyl adjacent to an activating group) is 1. The fraction of sp³-hybridized carbons (Fsp3) is 0.647. The van der Waals surface area contributed by atoms with Crippen molar-refractivity contribution < 1.29 is 14.6 Å². The zero-order valence-electron chi connectivity index (χ0n) is 13.6. The molecule has 0 aromatic heterocycles. The lowest BCUT2D eigenvalue weighted by Crippen LogP contribution is -2.50. The smallest absolute Gasteiger partial charge is 0.161 e. The lowest BCUT2D eigenvalue weighted by Gasteiger charge is -2.43. The van der Waals surface area contributed by atoms with Crippen molar-refractivity contribution in [1.29, 1.82) is 0 Å². The quantitative estimate of drug-likeness (QED) is 0.875. The van der Waals surface area contributed by atoms with Gasteiger partial charge in [-0.1, -0.05) is 26.8 Å². The number of hydrogen-bond donors (Lipinski definition) is 1. The first-order valence-corrected chi connectivity index (χ1v) is 7.89. The molecule has 1 aliphatic heterocycles. The molecular formula is C17H27NO3. The van der Waals surface area contributed by atoms with Gasteiger partial charge >= 0.3 is 0 Å². The molecule has 2 rings (SSSR count). The Balaban J connectivity index is 2.30. The summed E-state index contributed by atoms with van der Waals surface area (Å²) in [6, 6.07) is 5.75. The van der Waals surface area contributed by atoms with Gasteiger partial charge in [0.15, 0.2) is 11.5 Å². The molecule has 1 aromatic carbocycles. The van der Waals surface area contributed by atoms with Gasteiger partial charge in [0, 0.05) is 5.54 Å². The fourth-order valence-electron chi connectivity index (χ4n) is 3.12. The first-order valence-electron chi connectivity index (χ1n) is 7.89. The highest BCUT2D eigenvalue weighted by Crippen LogP contribution is 2.38. The number of aliphatic hydroxyl groups excluding tert-OH is 1. The molecule has 0 spiro atoms. The van der Waals surface area contributed by atoms with E-state index in [9.17, 15) is 5.11 Å². The first-order chi connectivity index (χ1) is 10.1. The highest BCUT2D eigenvalue weighted by molar-refractivity contribution is 5.45. The van der Waals surface area contributed by atoms with Gasteiger partial charge in [0.05, 0.1) is 6.10 Å². The third kappa shape index (κ3) is 3.01. The first kappa shape index (κ1) is 16.1. The van der Waals surface area contributed by atoms with Crippen LogP contribution in [0.5, 0.6) is 11.5 Å². The standard InChI is InChI=1S/C17H27NO3/c1-5-17(4,18(6-2)7-3)16(19)13-8-9-14-15(12-13)21-11-10-20-14/h8-9,12,16,19H,5-7,10-11H2,1-4H3. The number of fused-ring (bicyclic) bond motifs is 1. The van der Waals surface area contributed by atoms with Crippen LogP contribution in [0.25, 0.3) is 0 Å². The van der Waals surface area contributed by atoms with Crippen LogP contribution in [0.2, 0.25) is 0 Å². The summed E-state index contributed by atoms with van der Waals surface area (Å²) in [7, 11) is 0. The van der Waals surface area contributed by atoms with Crippen molar-refractivity contribution in [2.24, 2.45) is 0 Å². The largest absolute Gasteiger partial charge is 0.486 e. The predicted molar refractivity (Wildman–Crippen MR) is 84.0 cm³/mol. The van der Waals surface area contributed by atoms with Gasteiger partial charge in [-0.05, 0) is 44.1 Å². The summed E-state index contributed by atoms with van der Waals surface area (Å²) >= 11 is 0. The van der Waals surface area contributed by atoms with Gasteiger partial charge < -0.3 is 14.6 Å². The average molecular weight is 293 g/mol. The van der Waals surface area contributed by atoms with Crippen molar-refractivity contribution >= 4 is 0 Å². The molecule has 0 fully saturated rings. The molecule has 0 saturated carbocycles. The zero-order valence-corrected chi connectivity index (χ0v) is 13.6. The van der Waals surface area contributed by atoms with Crippen LogP contribution in [-0.4, -0.2) is 41.8 Å². The number of ether oxygens (including phenoxy) is 2. The third-order valence-corrected chi connectivity index (χ3v) is 4.67. The second kappa shape index (κ2) is 6.67. The molecular weight excluding hydrogens is 266 g/mol. The molecule has 2 atom stereocenters. The Morgan fingerprint density at radius 2 is 1.76 bits per heavy atom. The second-order valence-corrected chi connectivity index (χ2v) is 5.69. The molecule has 2 unspecified atom stereocenters. The van der Waals surface area contributed by atoms with Crippen molar-refractivity contribution in [2.75, 3.05) is 26.3 Å². The Kier molecular flexibility index (Phi) is 5.12. The van der Waals surface area contributed by atoms with E-state index < -0.39 is 6.10 Å². The number of aliphatic hydroxyl groups is 1. The maximum absolute atomic E-state index is 10.9. The second-order valence-electron chi connectivity index (χ2n) is 5.69. The van der Waals surface area contributed by atoms with E-state index in [1.54, 1.807) is 0 Å². The van der Waals surface area contributed by atoms with Crippen LogP contribution < -0.4 is 9.47 Å². The minimum absolute atomic E-state index is 0.284. The van der Waals surface area contributed by atoms with E-state index in [0.29, 0.717) is 13.2 Å². The zero-order chi connectivity index (χ0) is 15.5. The molecule has 1 N–H and O–H groups in total. The van der Waals surface area contributed by atoms with E-state index >= 15 is 0 Å². The van der Waals surface area contributed by atoms with Crippen LogP contribution in [0.4, 0.5) is 0 Å². The maximum atomic E-state index is 10.9. The van der Waals surface area contributed by atoms with Crippen LogP contribution in [0.3, 0.4) is 0 Å². The summed E-state index contributed by atoms with van der Waals surface area (Å²) < 4.78 is 11.2. The van der Waals surface area contributed by atoms with Gasteiger partial charge in [0.2, 0.25) is 0 Å². The highest BCUT2D eigenvalue weighted by Gasteiger charge is 2.37. The number of hydrogen-bond acceptors (Lipinski definition) is 4. The van der Waals surface area contributed by atoms with E-state index in [1.165, 1.54) is 0 Å². The van der Waals surface area contributed by atoms with Crippen molar-refractivity contribution in [2.45, 2.75) is 45.8 Å². The van der Waals surface area contributed by atoms with E-state index in [4.69, 9.17) is 9.47 Å². The van der Waals surface area contributed by atoms with Gasteiger partial charge in [-0.15, -0.1) is 0 Å². The molecule has 21 heavy (non-hydrogen) atoms. The van der Waals surface area contributed by atoms with Gasteiger partial charge in [-0.2, -0.15) is 0 Å². The topological polar surface area (TPSA) is 41.9 Å². The molecule has 4 nitrogen and oxygen atoms in total. The minimum atomic E-state index is -0.557. The number of benzene rings is 1. The Morgan fingerprint density at radius 3 is 2.33 bits per heavy atom. The summed E-state index contributed by atoms with van der Waals surface area (Å²) in [5, 5.41) is 10.9. The van der Waals surface area contributed by atoms with Gasteiger partial charge in [-0.3, -0.25) is 4.90 Å². The molecule has 1 heterocycles. The molecule has 4 heteroatoms. The number of rotatable bonds is 6. The lowest BCUT2D eigenvalue weighted by atomic mass is 9.85. The van der Waals surface area contributed by atoms with E-state index in [1.807, 2.05) is 18.2 Å². The maximum Gasteiger partial charge on any atom is 0.161 e.